The molecule has 0 spiro atoms. The number of primary amides is 1. The van der Waals surface area contributed by atoms with E-state index in [1.807, 2.05) is 48.6 Å². The molecule has 0 aliphatic heterocycles. The molecule has 0 aliphatic carbocycles. The number of aromatic nitrogens is 2. The molecule has 1 aromatic heterocycles. The number of hydrogen-bond acceptors (Lipinski definition) is 15. The largest absolute Gasteiger partial charge is 0.378 e. The summed E-state index contributed by atoms with van der Waals surface area (Å²) in [6.07, 6.45) is -3.70. The number of carbonyl (C=O) groups excluding carboxylic acids is 6. The number of guanidine groups is 4. The minimum atomic E-state index is -2.08. The lowest BCUT2D eigenvalue weighted by atomic mass is 10.1. The highest BCUT2D eigenvalue weighted by molar-refractivity contribution is 5.99. The van der Waals surface area contributed by atoms with E-state index in [1.54, 1.807) is 18.2 Å². The number of nitrogens with zero attached hydrogens (tertiary/aromatic N) is 4. The Bertz CT molecular complexity index is 2260. The van der Waals surface area contributed by atoms with Gasteiger partial charge >= 0.3 is 0 Å². The van der Waals surface area contributed by atoms with E-state index in [9.17, 15) is 33.9 Å². The lowest BCUT2D eigenvalue weighted by Crippen LogP contribution is -2.68. The minimum Gasteiger partial charge on any atom is -0.378 e. The van der Waals surface area contributed by atoms with Gasteiger partial charge in [0.05, 0.1) is 0 Å². The van der Waals surface area contributed by atoms with Crippen LogP contribution < -0.4 is 86.3 Å². The maximum absolute atomic E-state index is 14.1. The number of amides is 6. The zero-order valence-corrected chi connectivity index (χ0v) is 35.3. The number of hydrogen-bond donors (Lipinski definition) is 19. The van der Waals surface area contributed by atoms with Crippen molar-refractivity contribution in [2.24, 2.45) is 28.7 Å². The van der Waals surface area contributed by atoms with Crippen molar-refractivity contribution in [1.29, 1.82) is 21.6 Å². The summed E-state index contributed by atoms with van der Waals surface area (Å²) in [6, 6.07) is 15.0. The molecular formula is C37H52N22O7. The van der Waals surface area contributed by atoms with Gasteiger partial charge in [0.15, 0.2) is 48.5 Å². The average molecular weight is 917 g/mol. The monoisotopic (exact) mass is 916 g/mol. The third-order valence-corrected chi connectivity index (χ3v) is 8.46. The van der Waals surface area contributed by atoms with Gasteiger partial charge in [-0.15, -0.1) is 0 Å². The zero-order chi connectivity index (χ0) is 49.1. The van der Waals surface area contributed by atoms with Gasteiger partial charge in [-0.1, -0.05) is 54.6 Å². The lowest BCUT2D eigenvalue weighted by Gasteiger charge is -2.29. The number of aliphatic hydroxyl groups is 1. The van der Waals surface area contributed by atoms with E-state index in [0.717, 1.165) is 16.2 Å². The molecule has 0 aliphatic rings. The standard InChI is InChI=1S/C37H52N22O7/c1-58(2)20-13-11-18(12-14-20)8-6-17-59(37-47-15-7-16-48-37)32(66)31(65)49-21(19-9-4-3-5-10-19)27(61)51-24(55-34(41)42)29(63)53-26(57-36(45)46)30(64)52-25(56-35(43)44)28(62)50-23(22(38)60)54-33(39)40/h3-16,21,23-26,32,66H,17H2,1-2H3,(H2,38,60)(H,49,65)(H,50,62)(H,51,61)(H,52,64)(H,53,63)(H4,39,40,54)(H4,41,42,55)(H4,43,44,56)(H4,45,46,57)/b8-6-. The van der Waals surface area contributed by atoms with Gasteiger partial charge in [0, 0.05) is 38.7 Å². The lowest BCUT2D eigenvalue weighted by molar-refractivity contribution is -0.136. The fourth-order valence-corrected chi connectivity index (χ4v) is 5.42. The van der Waals surface area contributed by atoms with Crippen molar-refractivity contribution >= 4 is 77.0 Å². The molecule has 0 fully saturated rings. The second kappa shape index (κ2) is 24.4. The van der Waals surface area contributed by atoms with Gasteiger partial charge in [0.25, 0.3) is 29.5 Å². The van der Waals surface area contributed by atoms with Crippen molar-refractivity contribution in [2.75, 3.05) is 30.4 Å². The van der Waals surface area contributed by atoms with Crippen LogP contribution in [0.2, 0.25) is 0 Å². The van der Waals surface area contributed by atoms with Crippen LogP contribution in [0.5, 0.6) is 0 Å². The normalized spacial score (nSPS) is 13.3. The molecule has 29 nitrogen and oxygen atoms in total. The van der Waals surface area contributed by atoms with Gasteiger partial charge in [-0.2, -0.15) is 0 Å². The Kier molecular flexibility index (Phi) is 18.9. The molecule has 352 valence electrons. The Morgan fingerprint density at radius 1 is 0.591 bits per heavy atom. The summed E-state index contributed by atoms with van der Waals surface area (Å²) < 4.78 is 0. The molecule has 3 rings (SSSR count). The van der Waals surface area contributed by atoms with Crippen molar-refractivity contribution in [3.05, 3.63) is 90.3 Å². The minimum absolute atomic E-state index is 0.0440. The van der Waals surface area contributed by atoms with E-state index < -0.39 is 96.2 Å². The van der Waals surface area contributed by atoms with E-state index in [1.165, 1.54) is 42.7 Å². The van der Waals surface area contributed by atoms with Crippen LogP contribution in [0, 0.1) is 21.6 Å². The first kappa shape index (κ1) is 51.1. The molecule has 66 heavy (non-hydrogen) atoms. The Labute approximate surface area is 376 Å². The molecular weight excluding hydrogens is 865 g/mol. The molecule has 2 aromatic carbocycles. The topological polar surface area (TPSA) is 489 Å². The summed E-state index contributed by atoms with van der Waals surface area (Å²) in [4.78, 5) is 91.4. The van der Waals surface area contributed by atoms with E-state index in [4.69, 9.17) is 50.3 Å². The zero-order valence-electron chi connectivity index (χ0n) is 35.3. The van der Waals surface area contributed by atoms with Crippen LogP contribution in [0.1, 0.15) is 17.2 Å². The van der Waals surface area contributed by atoms with Gasteiger partial charge in [-0.3, -0.25) is 50.4 Å². The Morgan fingerprint density at radius 2 is 1.03 bits per heavy atom. The van der Waals surface area contributed by atoms with Crippen molar-refractivity contribution in [3.8, 4) is 0 Å². The molecule has 0 bridgehead atoms. The molecule has 3 aromatic rings. The number of aliphatic hydroxyl groups excluding tert-OH is 1. The third kappa shape index (κ3) is 16.2. The average Bonchev–Trinajstić information content (AvgIpc) is 3.25. The first-order valence-corrected chi connectivity index (χ1v) is 19.1. The second-order valence-corrected chi connectivity index (χ2v) is 13.7. The van der Waals surface area contributed by atoms with E-state index in [2.05, 4.69) is 52.5 Å². The molecule has 1 heterocycles. The molecule has 6 amide bonds. The molecule has 0 saturated heterocycles. The summed E-state index contributed by atoms with van der Waals surface area (Å²) in [6.45, 7) is -0.0920. The summed E-state index contributed by atoms with van der Waals surface area (Å²) in [7, 11) is 3.80. The van der Waals surface area contributed by atoms with Gasteiger partial charge in [0.2, 0.25) is 18.1 Å². The maximum atomic E-state index is 14.1. The fourth-order valence-electron chi connectivity index (χ4n) is 5.42. The number of nitrogens with one attached hydrogen (secondary N) is 13. The number of rotatable bonds is 22. The summed E-state index contributed by atoms with van der Waals surface area (Å²) >= 11 is 0. The van der Waals surface area contributed by atoms with Gasteiger partial charge in [-0.25, -0.2) is 9.97 Å². The number of benzene rings is 2. The van der Waals surface area contributed by atoms with Crippen LogP contribution in [0.3, 0.4) is 0 Å². The smallest absolute Gasteiger partial charge is 0.271 e. The predicted octanol–water partition coefficient (Wildman–Crippen LogP) is -6.57. The van der Waals surface area contributed by atoms with Gasteiger partial charge < -0.3 is 91.4 Å². The Morgan fingerprint density at radius 3 is 1.47 bits per heavy atom. The highest BCUT2D eigenvalue weighted by atomic mass is 16.3. The third-order valence-electron chi connectivity index (χ3n) is 8.46. The summed E-state index contributed by atoms with van der Waals surface area (Å²) in [5, 5.41) is 61.1. The molecule has 0 saturated carbocycles. The van der Waals surface area contributed by atoms with Crippen LogP contribution >= 0.6 is 0 Å². The second-order valence-electron chi connectivity index (χ2n) is 13.7. The first-order valence-electron chi connectivity index (χ1n) is 19.1. The van der Waals surface area contributed by atoms with Crippen molar-refractivity contribution < 1.29 is 33.9 Å². The first-order chi connectivity index (χ1) is 31.2. The number of nitrogens with two attached hydrogens (primary N) is 5. The fraction of sp³-hybridized carbons (Fsp3) is 0.243. The van der Waals surface area contributed by atoms with Crippen molar-refractivity contribution in [1.82, 2.24) is 57.8 Å². The van der Waals surface area contributed by atoms with Crippen molar-refractivity contribution in [3.63, 3.8) is 0 Å². The maximum Gasteiger partial charge on any atom is 0.271 e. The van der Waals surface area contributed by atoms with Gasteiger partial charge in [0.1, 0.15) is 6.04 Å². The highest BCUT2D eigenvalue weighted by Gasteiger charge is 2.35. The SMILES string of the molecule is CN(C)c1ccc(/C=C\CN(c2ncccn2)C(O)C(=O)NC(C(=O)NC(NC(=N)N)C(=O)NC(NC(=N)N)C(=O)NC(NC(=N)N)C(=O)NC(NC(=N)N)C(N)=O)c2ccccc2)cc1. The van der Waals surface area contributed by atoms with Crippen LogP contribution in [0.25, 0.3) is 6.08 Å². The Hall–Kier alpha value is -9.28. The molecule has 29 heteroatoms. The molecule has 24 N–H and O–H groups in total. The molecule has 6 atom stereocenters. The van der Waals surface area contributed by atoms with Crippen LogP contribution in [-0.4, -0.2) is 126 Å². The Balaban J connectivity index is 1.88. The van der Waals surface area contributed by atoms with Crippen LogP contribution in [0.4, 0.5) is 11.6 Å². The van der Waals surface area contributed by atoms with Crippen LogP contribution in [0.15, 0.2) is 79.1 Å². The quantitative estimate of drug-likeness (QED) is 0.0253. The highest BCUT2D eigenvalue weighted by Crippen LogP contribution is 2.17. The van der Waals surface area contributed by atoms with Crippen molar-refractivity contribution in [2.45, 2.75) is 36.9 Å². The van der Waals surface area contributed by atoms with E-state index in [-0.39, 0.29) is 18.1 Å². The summed E-state index contributed by atoms with van der Waals surface area (Å²) in [5.41, 5.74) is 28.7. The molecule has 6 unspecified atom stereocenters. The van der Waals surface area contributed by atoms with Crippen LogP contribution in [-0.2, 0) is 28.8 Å². The van der Waals surface area contributed by atoms with E-state index >= 15 is 0 Å². The summed E-state index contributed by atoms with van der Waals surface area (Å²) in [5.74, 6) is -10.9. The number of anilines is 2. The van der Waals surface area contributed by atoms with E-state index in [0.29, 0.717) is 0 Å². The molecule has 0 radical (unpaired) electrons. The predicted molar refractivity (Wildman–Crippen MR) is 240 cm³/mol. The van der Waals surface area contributed by atoms with Gasteiger partial charge in [-0.05, 0) is 29.3 Å². The number of carbonyl (C=O) groups is 6.